The van der Waals surface area contributed by atoms with Crippen LogP contribution in [-0.4, -0.2) is 30.4 Å². The fraction of sp³-hybridized carbons (Fsp3) is 0.333. The number of benzene rings is 2. The van der Waals surface area contributed by atoms with E-state index in [1.807, 2.05) is 18.2 Å². The number of anilines is 1. The number of fused-ring (bicyclic) bond motifs is 1. The molecule has 2 aromatic carbocycles. The van der Waals surface area contributed by atoms with E-state index < -0.39 is 11.3 Å². The summed E-state index contributed by atoms with van der Waals surface area (Å²) in [4.78, 5) is 27.7. The van der Waals surface area contributed by atoms with Crippen LogP contribution in [0.2, 0.25) is 5.02 Å². The van der Waals surface area contributed by atoms with Crippen molar-refractivity contribution in [3.63, 3.8) is 0 Å². The van der Waals surface area contributed by atoms with E-state index in [2.05, 4.69) is 11.4 Å². The van der Waals surface area contributed by atoms with Crippen molar-refractivity contribution in [2.45, 2.75) is 26.8 Å². The minimum atomic E-state index is -1.22. The first-order valence-electron chi connectivity index (χ1n) is 8.84. The lowest BCUT2D eigenvalue weighted by Gasteiger charge is -2.34. The summed E-state index contributed by atoms with van der Waals surface area (Å²) in [6.07, 6.45) is 0.793. The highest BCUT2D eigenvalue weighted by atomic mass is 35.5. The fourth-order valence-corrected chi connectivity index (χ4v) is 3.39. The SMILES string of the molecule is COc1ccc(Cl)cc1NC(=O)C(C)(C)C(=O)N1CCc2ccccc2C1. The standard InChI is InChI=1S/C21H23ClN2O3/c1-21(2,19(25)23-17-12-16(22)8-9-18(17)27-3)20(26)24-11-10-14-6-4-5-7-15(14)13-24/h4-9,12H,10-11,13H2,1-3H3,(H,23,25). The Morgan fingerprint density at radius 1 is 1.15 bits per heavy atom. The normalized spacial score (nSPS) is 13.7. The molecule has 142 valence electrons. The number of methoxy groups -OCH3 is 1. The summed E-state index contributed by atoms with van der Waals surface area (Å²) in [5.74, 6) is -0.106. The zero-order valence-corrected chi connectivity index (χ0v) is 16.5. The van der Waals surface area contributed by atoms with E-state index in [1.165, 1.54) is 12.7 Å². The van der Waals surface area contributed by atoms with Gasteiger partial charge < -0.3 is 15.0 Å². The molecule has 3 rings (SSSR count). The van der Waals surface area contributed by atoms with E-state index in [9.17, 15) is 9.59 Å². The topological polar surface area (TPSA) is 58.6 Å². The monoisotopic (exact) mass is 386 g/mol. The summed E-state index contributed by atoms with van der Waals surface area (Å²) >= 11 is 6.02. The first-order chi connectivity index (χ1) is 12.8. The van der Waals surface area contributed by atoms with E-state index in [4.69, 9.17) is 16.3 Å². The van der Waals surface area contributed by atoms with Gasteiger partial charge in [0.1, 0.15) is 11.2 Å². The minimum Gasteiger partial charge on any atom is -0.495 e. The molecule has 0 atom stereocenters. The van der Waals surface area contributed by atoms with Crippen molar-refractivity contribution in [3.8, 4) is 5.75 Å². The van der Waals surface area contributed by atoms with Gasteiger partial charge in [-0.15, -0.1) is 0 Å². The molecular formula is C21H23ClN2O3. The second-order valence-electron chi connectivity index (χ2n) is 7.17. The van der Waals surface area contributed by atoms with E-state index in [0.29, 0.717) is 29.5 Å². The largest absolute Gasteiger partial charge is 0.495 e. The molecule has 1 heterocycles. The summed E-state index contributed by atoms with van der Waals surface area (Å²) in [7, 11) is 1.51. The lowest BCUT2D eigenvalue weighted by atomic mass is 9.88. The van der Waals surface area contributed by atoms with Crippen LogP contribution in [0, 0.1) is 5.41 Å². The predicted octanol–water partition coefficient (Wildman–Crippen LogP) is 3.90. The lowest BCUT2D eigenvalue weighted by Crippen LogP contribution is -2.48. The lowest BCUT2D eigenvalue weighted by molar-refractivity contribution is -0.147. The summed E-state index contributed by atoms with van der Waals surface area (Å²) in [5, 5.41) is 3.26. The van der Waals surface area contributed by atoms with Crippen LogP contribution < -0.4 is 10.1 Å². The molecule has 0 spiro atoms. The van der Waals surface area contributed by atoms with Gasteiger partial charge in [0, 0.05) is 18.1 Å². The van der Waals surface area contributed by atoms with Gasteiger partial charge in [-0.05, 0) is 49.6 Å². The van der Waals surface area contributed by atoms with Gasteiger partial charge in [0.05, 0.1) is 12.8 Å². The third-order valence-electron chi connectivity index (χ3n) is 4.93. The van der Waals surface area contributed by atoms with Crippen molar-refractivity contribution < 1.29 is 14.3 Å². The molecule has 0 fully saturated rings. The van der Waals surface area contributed by atoms with Crippen LogP contribution >= 0.6 is 11.6 Å². The molecule has 0 aliphatic carbocycles. The van der Waals surface area contributed by atoms with Crippen LogP contribution in [0.5, 0.6) is 5.75 Å². The van der Waals surface area contributed by atoms with Crippen LogP contribution in [0.25, 0.3) is 0 Å². The van der Waals surface area contributed by atoms with Crippen LogP contribution in [0.3, 0.4) is 0 Å². The molecule has 6 heteroatoms. The molecule has 2 amide bonds. The fourth-order valence-electron chi connectivity index (χ4n) is 3.22. The number of rotatable bonds is 4. The molecule has 1 aliphatic heterocycles. The Morgan fingerprint density at radius 3 is 2.56 bits per heavy atom. The number of carbonyl (C=O) groups excluding carboxylic acids is 2. The highest BCUT2D eigenvalue weighted by Crippen LogP contribution is 2.31. The van der Waals surface area contributed by atoms with Gasteiger partial charge >= 0.3 is 0 Å². The molecule has 0 unspecified atom stereocenters. The molecule has 0 bridgehead atoms. The van der Waals surface area contributed by atoms with Crippen molar-refractivity contribution in [2.75, 3.05) is 19.0 Å². The maximum atomic E-state index is 13.1. The van der Waals surface area contributed by atoms with Gasteiger partial charge in [-0.1, -0.05) is 35.9 Å². The zero-order chi connectivity index (χ0) is 19.6. The van der Waals surface area contributed by atoms with Crippen LogP contribution in [0.15, 0.2) is 42.5 Å². The quantitative estimate of drug-likeness (QED) is 0.811. The number of halogens is 1. The Labute approximate surface area is 164 Å². The second-order valence-corrected chi connectivity index (χ2v) is 7.61. The number of amides is 2. The maximum absolute atomic E-state index is 13.1. The van der Waals surface area contributed by atoms with E-state index in [1.54, 1.807) is 36.9 Å². The smallest absolute Gasteiger partial charge is 0.239 e. The van der Waals surface area contributed by atoms with E-state index in [-0.39, 0.29) is 5.91 Å². The van der Waals surface area contributed by atoms with Gasteiger partial charge in [-0.25, -0.2) is 0 Å². The first kappa shape index (κ1) is 19.2. The van der Waals surface area contributed by atoms with Gasteiger partial charge in [0.2, 0.25) is 11.8 Å². The summed E-state index contributed by atoms with van der Waals surface area (Å²) in [6, 6.07) is 13.0. The summed E-state index contributed by atoms with van der Waals surface area (Å²) in [5.41, 5.74) is 1.61. The van der Waals surface area contributed by atoms with Gasteiger partial charge in [0.25, 0.3) is 0 Å². The Bertz CT molecular complexity index is 879. The molecule has 1 aliphatic rings. The molecule has 0 aromatic heterocycles. The summed E-state index contributed by atoms with van der Waals surface area (Å²) in [6.45, 7) is 4.41. The number of nitrogens with one attached hydrogen (secondary N) is 1. The average molecular weight is 387 g/mol. The number of hydrogen-bond acceptors (Lipinski definition) is 3. The molecule has 0 radical (unpaired) electrons. The number of nitrogens with zero attached hydrogens (tertiary/aromatic N) is 1. The zero-order valence-electron chi connectivity index (χ0n) is 15.7. The molecule has 5 nitrogen and oxygen atoms in total. The minimum absolute atomic E-state index is 0.199. The average Bonchev–Trinajstić information content (AvgIpc) is 2.67. The molecule has 2 aromatic rings. The molecular weight excluding hydrogens is 364 g/mol. The third kappa shape index (κ3) is 3.93. The van der Waals surface area contributed by atoms with Crippen molar-refractivity contribution in [2.24, 2.45) is 5.41 Å². The first-order valence-corrected chi connectivity index (χ1v) is 9.22. The number of carbonyl (C=O) groups is 2. The Hall–Kier alpha value is -2.53. The van der Waals surface area contributed by atoms with Crippen LogP contribution in [0.4, 0.5) is 5.69 Å². The Balaban J connectivity index is 1.76. The molecule has 27 heavy (non-hydrogen) atoms. The summed E-state index contributed by atoms with van der Waals surface area (Å²) < 4.78 is 5.26. The number of ether oxygens (including phenoxy) is 1. The van der Waals surface area contributed by atoms with Crippen molar-refractivity contribution >= 4 is 29.1 Å². The highest BCUT2D eigenvalue weighted by Gasteiger charge is 2.40. The molecule has 0 saturated carbocycles. The van der Waals surface area contributed by atoms with Crippen molar-refractivity contribution in [1.82, 2.24) is 4.90 Å². The van der Waals surface area contributed by atoms with Crippen molar-refractivity contribution in [1.29, 1.82) is 0 Å². The predicted molar refractivity (Wildman–Crippen MR) is 106 cm³/mol. The molecule has 0 saturated heterocycles. The van der Waals surface area contributed by atoms with Crippen LogP contribution in [0.1, 0.15) is 25.0 Å². The van der Waals surface area contributed by atoms with E-state index in [0.717, 1.165) is 12.0 Å². The van der Waals surface area contributed by atoms with Gasteiger partial charge in [0.15, 0.2) is 0 Å². The Kier molecular flexibility index (Phi) is 5.42. The van der Waals surface area contributed by atoms with Gasteiger partial charge in [-0.2, -0.15) is 0 Å². The Morgan fingerprint density at radius 2 is 1.85 bits per heavy atom. The van der Waals surface area contributed by atoms with E-state index >= 15 is 0 Å². The van der Waals surface area contributed by atoms with Crippen LogP contribution in [-0.2, 0) is 22.6 Å². The number of hydrogen-bond donors (Lipinski definition) is 1. The second kappa shape index (κ2) is 7.61. The van der Waals surface area contributed by atoms with Crippen molar-refractivity contribution in [3.05, 3.63) is 58.6 Å². The third-order valence-corrected chi connectivity index (χ3v) is 5.17. The molecule has 1 N–H and O–H groups in total. The maximum Gasteiger partial charge on any atom is 0.239 e. The van der Waals surface area contributed by atoms with Gasteiger partial charge in [-0.3, -0.25) is 9.59 Å². The highest BCUT2D eigenvalue weighted by molar-refractivity contribution is 6.31.